The molecule has 2 heteroatoms. The standard InChI is InChI=1S/C8H6O2/c1-2-10-8-5-3-7(9)4-6-8/h1,3-6,9H. The Bertz CT molecular complexity index is 243. The number of rotatable bonds is 1. The van der Waals surface area contributed by atoms with Gasteiger partial charge < -0.3 is 9.84 Å². The van der Waals surface area contributed by atoms with Crippen molar-refractivity contribution in [3.8, 4) is 24.0 Å². The molecule has 1 aromatic carbocycles. The molecule has 0 heterocycles. The van der Waals surface area contributed by atoms with Gasteiger partial charge in [-0.2, -0.15) is 0 Å². The van der Waals surface area contributed by atoms with Gasteiger partial charge in [0.2, 0.25) is 0 Å². The van der Waals surface area contributed by atoms with Gasteiger partial charge in [0.05, 0.1) is 0 Å². The average Bonchev–Trinajstić information content (AvgIpc) is 1.95. The first kappa shape index (κ1) is 6.50. The van der Waals surface area contributed by atoms with Crippen molar-refractivity contribution in [3.63, 3.8) is 0 Å². The molecular weight excluding hydrogens is 128 g/mol. The van der Waals surface area contributed by atoms with Crippen LogP contribution >= 0.6 is 0 Å². The van der Waals surface area contributed by atoms with E-state index in [0.29, 0.717) is 5.75 Å². The molecule has 0 amide bonds. The van der Waals surface area contributed by atoms with Gasteiger partial charge in [0, 0.05) is 0 Å². The third-order valence-electron chi connectivity index (χ3n) is 1.01. The zero-order valence-electron chi connectivity index (χ0n) is 5.24. The van der Waals surface area contributed by atoms with E-state index in [1.807, 2.05) is 6.11 Å². The lowest BCUT2D eigenvalue weighted by Gasteiger charge is -1.94. The van der Waals surface area contributed by atoms with Crippen molar-refractivity contribution in [2.45, 2.75) is 0 Å². The van der Waals surface area contributed by atoms with E-state index < -0.39 is 0 Å². The molecule has 0 fully saturated rings. The number of aromatic hydroxyl groups is 1. The topological polar surface area (TPSA) is 29.5 Å². The van der Waals surface area contributed by atoms with E-state index in [1.165, 1.54) is 12.1 Å². The molecule has 0 saturated carbocycles. The smallest absolute Gasteiger partial charge is 0.140 e. The summed E-state index contributed by atoms with van der Waals surface area (Å²) in [5.74, 6) is 0.754. The second-order valence-corrected chi connectivity index (χ2v) is 1.71. The van der Waals surface area contributed by atoms with Crippen LogP contribution in [0.25, 0.3) is 0 Å². The molecule has 0 aliphatic carbocycles. The van der Waals surface area contributed by atoms with E-state index in [0.717, 1.165) is 0 Å². The van der Waals surface area contributed by atoms with Crippen LogP contribution in [-0.2, 0) is 0 Å². The van der Waals surface area contributed by atoms with Crippen molar-refractivity contribution in [2.75, 3.05) is 0 Å². The lowest BCUT2D eigenvalue weighted by molar-refractivity contribution is 0.471. The van der Waals surface area contributed by atoms with Crippen molar-refractivity contribution >= 4 is 0 Å². The summed E-state index contributed by atoms with van der Waals surface area (Å²) in [4.78, 5) is 0. The summed E-state index contributed by atoms with van der Waals surface area (Å²) in [6, 6.07) is 6.20. The van der Waals surface area contributed by atoms with Crippen molar-refractivity contribution in [1.82, 2.24) is 0 Å². The maximum atomic E-state index is 8.82. The summed E-state index contributed by atoms with van der Waals surface area (Å²) in [7, 11) is 0. The Hall–Kier alpha value is -1.62. The van der Waals surface area contributed by atoms with Gasteiger partial charge >= 0.3 is 0 Å². The van der Waals surface area contributed by atoms with Crippen LogP contribution < -0.4 is 4.74 Å². The molecule has 0 bridgehead atoms. The van der Waals surface area contributed by atoms with E-state index in [1.54, 1.807) is 12.1 Å². The van der Waals surface area contributed by atoms with Gasteiger partial charge in [-0.05, 0) is 24.3 Å². The quantitative estimate of drug-likeness (QED) is 0.587. The van der Waals surface area contributed by atoms with Crippen LogP contribution in [0.15, 0.2) is 24.3 Å². The van der Waals surface area contributed by atoms with Crippen LogP contribution in [0.2, 0.25) is 0 Å². The second kappa shape index (κ2) is 2.79. The largest absolute Gasteiger partial charge is 0.508 e. The molecule has 0 spiro atoms. The number of ether oxygens (including phenoxy) is 1. The first-order valence-corrected chi connectivity index (χ1v) is 2.74. The highest BCUT2D eigenvalue weighted by Crippen LogP contribution is 2.14. The zero-order chi connectivity index (χ0) is 7.40. The number of hydrogen-bond donors (Lipinski definition) is 1. The van der Waals surface area contributed by atoms with Crippen molar-refractivity contribution in [2.24, 2.45) is 0 Å². The third-order valence-corrected chi connectivity index (χ3v) is 1.01. The fourth-order valence-corrected chi connectivity index (χ4v) is 0.582. The molecule has 2 nitrogen and oxygen atoms in total. The van der Waals surface area contributed by atoms with Crippen LogP contribution in [0.3, 0.4) is 0 Å². The number of hydrogen-bond acceptors (Lipinski definition) is 2. The molecule has 0 aromatic heterocycles. The van der Waals surface area contributed by atoms with E-state index in [4.69, 9.17) is 11.5 Å². The molecule has 0 saturated heterocycles. The molecule has 50 valence electrons. The Morgan fingerprint density at radius 1 is 1.30 bits per heavy atom. The highest BCUT2D eigenvalue weighted by molar-refractivity contribution is 5.30. The lowest BCUT2D eigenvalue weighted by atomic mass is 10.3. The Morgan fingerprint density at radius 3 is 2.40 bits per heavy atom. The van der Waals surface area contributed by atoms with Crippen LogP contribution in [-0.4, -0.2) is 5.11 Å². The number of phenols is 1. The summed E-state index contributed by atoms with van der Waals surface area (Å²) in [6.45, 7) is 0. The molecule has 0 radical (unpaired) electrons. The SMILES string of the molecule is C#COc1ccc(O)cc1. The summed E-state index contributed by atoms with van der Waals surface area (Å²) in [5.41, 5.74) is 0. The van der Waals surface area contributed by atoms with Crippen molar-refractivity contribution < 1.29 is 9.84 Å². The van der Waals surface area contributed by atoms with Gasteiger partial charge in [0.1, 0.15) is 17.6 Å². The minimum Gasteiger partial charge on any atom is -0.508 e. The predicted octanol–water partition coefficient (Wildman–Crippen LogP) is 1.36. The zero-order valence-corrected chi connectivity index (χ0v) is 5.24. The van der Waals surface area contributed by atoms with E-state index in [2.05, 4.69) is 4.74 Å². The van der Waals surface area contributed by atoms with Crippen LogP contribution in [0, 0.1) is 12.5 Å². The molecule has 1 N–H and O–H groups in total. The molecule has 0 atom stereocenters. The van der Waals surface area contributed by atoms with Gasteiger partial charge in [-0.15, -0.1) is 0 Å². The molecule has 10 heavy (non-hydrogen) atoms. The van der Waals surface area contributed by atoms with Crippen molar-refractivity contribution in [3.05, 3.63) is 24.3 Å². The van der Waals surface area contributed by atoms with Gasteiger partial charge in [0.15, 0.2) is 0 Å². The number of terminal acetylenes is 1. The van der Waals surface area contributed by atoms with Gasteiger partial charge in [-0.1, -0.05) is 6.42 Å². The van der Waals surface area contributed by atoms with E-state index >= 15 is 0 Å². The molecule has 0 aliphatic rings. The van der Waals surface area contributed by atoms with Crippen LogP contribution in [0.4, 0.5) is 0 Å². The fraction of sp³-hybridized carbons (Fsp3) is 0. The fourth-order valence-electron chi connectivity index (χ4n) is 0.582. The van der Waals surface area contributed by atoms with Crippen LogP contribution in [0.1, 0.15) is 0 Å². The summed E-state index contributed by atoms with van der Waals surface area (Å²) in [6.07, 6.45) is 6.89. The van der Waals surface area contributed by atoms with Gasteiger partial charge in [-0.25, -0.2) is 0 Å². The Kier molecular flexibility index (Phi) is 1.81. The Morgan fingerprint density at radius 2 is 1.90 bits per heavy atom. The highest BCUT2D eigenvalue weighted by Gasteiger charge is 1.89. The van der Waals surface area contributed by atoms with E-state index in [9.17, 15) is 0 Å². The maximum absolute atomic E-state index is 8.82. The maximum Gasteiger partial charge on any atom is 0.140 e. The molecule has 1 aromatic rings. The monoisotopic (exact) mass is 134 g/mol. The molecule has 0 aliphatic heterocycles. The lowest BCUT2D eigenvalue weighted by Crippen LogP contribution is -1.78. The summed E-state index contributed by atoms with van der Waals surface area (Å²) < 4.78 is 4.68. The summed E-state index contributed by atoms with van der Waals surface area (Å²) >= 11 is 0. The first-order chi connectivity index (χ1) is 4.83. The Labute approximate surface area is 59.1 Å². The number of benzene rings is 1. The summed E-state index contributed by atoms with van der Waals surface area (Å²) in [5, 5.41) is 8.82. The minimum atomic E-state index is 0.198. The van der Waals surface area contributed by atoms with Crippen molar-refractivity contribution in [1.29, 1.82) is 0 Å². The normalized spacial score (nSPS) is 8.30. The van der Waals surface area contributed by atoms with Gasteiger partial charge in [0.25, 0.3) is 0 Å². The minimum absolute atomic E-state index is 0.198. The second-order valence-electron chi connectivity index (χ2n) is 1.71. The Balaban J connectivity index is 2.81. The molecule has 0 unspecified atom stereocenters. The first-order valence-electron chi connectivity index (χ1n) is 2.74. The van der Waals surface area contributed by atoms with E-state index in [-0.39, 0.29) is 5.75 Å². The van der Waals surface area contributed by atoms with Crippen LogP contribution in [0.5, 0.6) is 11.5 Å². The number of phenolic OH excluding ortho intramolecular Hbond substituents is 1. The predicted molar refractivity (Wildman–Crippen MR) is 37.6 cm³/mol. The molecule has 1 rings (SSSR count). The third kappa shape index (κ3) is 1.43. The highest BCUT2D eigenvalue weighted by atomic mass is 16.5. The van der Waals surface area contributed by atoms with Gasteiger partial charge in [-0.3, -0.25) is 0 Å². The molecular formula is C8H6O2. The average molecular weight is 134 g/mol.